The Kier molecular flexibility index (Phi) is 4.37. The van der Waals surface area contributed by atoms with Crippen LogP contribution in [0.4, 0.5) is 0 Å². The van der Waals surface area contributed by atoms with Gasteiger partial charge in [-0.25, -0.2) is 0 Å². The summed E-state index contributed by atoms with van der Waals surface area (Å²) < 4.78 is 4.94. The summed E-state index contributed by atoms with van der Waals surface area (Å²) in [5, 5.41) is 3.20. The second-order valence-electron chi connectivity index (χ2n) is 4.68. The zero-order valence-electron chi connectivity index (χ0n) is 10.4. The normalized spacial score (nSPS) is 34.1. The van der Waals surface area contributed by atoms with Crippen LogP contribution in [0.5, 0.6) is 0 Å². The molecule has 1 rings (SSSR count). The van der Waals surface area contributed by atoms with E-state index in [1.54, 1.807) is 0 Å². The number of ether oxygens (including phenoxy) is 1. The van der Waals surface area contributed by atoms with Crippen LogP contribution in [0.15, 0.2) is 0 Å². The average molecular weight is 223 g/mol. The molecule has 1 aliphatic carbocycles. The highest BCUT2D eigenvalue weighted by atomic mass is 16.5. The zero-order chi connectivity index (χ0) is 12.2. The van der Waals surface area contributed by atoms with Crippen molar-refractivity contribution < 1.29 is 9.53 Å². The van der Waals surface area contributed by atoms with Gasteiger partial charge >= 0.3 is 5.97 Å². The minimum Gasteiger partial charge on any atom is -0.468 e. The molecule has 0 aromatic carbocycles. The van der Waals surface area contributed by atoms with Gasteiger partial charge in [-0.15, -0.1) is 6.42 Å². The quantitative estimate of drug-likeness (QED) is 0.583. The van der Waals surface area contributed by atoms with Crippen molar-refractivity contribution in [1.29, 1.82) is 0 Å². The number of hydrogen-bond donors (Lipinski definition) is 1. The van der Waals surface area contributed by atoms with Gasteiger partial charge in [-0.2, -0.15) is 0 Å². The van der Waals surface area contributed by atoms with E-state index < -0.39 is 5.54 Å². The molecule has 0 aromatic rings. The molecule has 0 heterocycles. The van der Waals surface area contributed by atoms with E-state index in [1.165, 1.54) is 7.11 Å². The molecule has 3 unspecified atom stereocenters. The molecule has 0 spiro atoms. The maximum Gasteiger partial charge on any atom is 0.326 e. The van der Waals surface area contributed by atoms with Crippen LogP contribution in [-0.2, 0) is 9.53 Å². The lowest BCUT2D eigenvalue weighted by Crippen LogP contribution is -2.60. The van der Waals surface area contributed by atoms with Crippen LogP contribution in [0.2, 0.25) is 0 Å². The largest absolute Gasteiger partial charge is 0.468 e. The van der Waals surface area contributed by atoms with Crippen molar-refractivity contribution in [2.24, 2.45) is 11.8 Å². The van der Waals surface area contributed by atoms with Gasteiger partial charge < -0.3 is 4.74 Å². The van der Waals surface area contributed by atoms with Gasteiger partial charge in [-0.05, 0) is 18.3 Å². The Morgan fingerprint density at radius 2 is 2.31 bits per heavy atom. The zero-order valence-corrected chi connectivity index (χ0v) is 10.4. The van der Waals surface area contributed by atoms with Crippen molar-refractivity contribution in [3.8, 4) is 12.3 Å². The number of terminal acetylenes is 1. The number of rotatable bonds is 3. The molecule has 3 nitrogen and oxygen atoms in total. The first-order chi connectivity index (χ1) is 7.58. The number of carbonyl (C=O) groups is 1. The van der Waals surface area contributed by atoms with E-state index in [0.717, 1.165) is 19.3 Å². The van der Waals surface area contributed by atoms with E-state index in [9.17, 15) is 4.79 Å². The molecule has 16 heavy (non-hydrogen) atoms. The molecular weight excluding hydrogens is 202 g/mol. The fourth-order valence-corrected chi connectivity index (χ4v) is 2.67. The topological polar surface area (TPSA) is 38.3 Å². The second kappa shape index (κ2) is 5.36. The van der Waals surface area contributed by atoms with E-state index in [2.05, 4.69) is 25.1 Å². The second-order valence-corrected chi connectivity index (χ2v) is 4.68. The van der Waals surface area contributed by atoms with Gasteiger partial charge in [0.05, 0.1) is 13.7 Å². The van der Waals surface area contributed by atoms with Gasteiger partial charge in [0.15, 0.2) is 0 Å². The lowest BCUT2D eigenvalue weighted by Gasteiger charge is -2.43. The van der Waals surface area contributed by atoms with Gasteiger partial charge in [0.2, 0.25) is 0 Å². The van der Waals surface area contributed by atoms with Crippen LogP contribution in [-0.4, -0.2) is 25.2 Å². The maximum atomic E-state index is 12.0. The molecule has 1 fully saturated rings. The SMILES string of the molecule is C#CCNC1(C(=O)OC)CCCC(C)C1C. The Morgan fingerprint density at radius 3 is 2.88 bits per heavy atom. The summed E-state index contributed by atoms with van der Waals surface area (Å²) in [6.45, 7) is 4.69. The van der Waals surface area contributed by atoms with Crippen molar-refractivity contribution in [1.82, 2.24) is 5.32 Å². The predicted molar refractivity (Wildman–Crippen MR) is 63.8 cm³/mol. The summed E-state index contributed by atoms with van der Waals surface area (Å²) in [5.74, 6) is 3.12. The molecule has 0 aliphatic heterocycles. The molecule has 0 radical (unpaired) electrons. The molecule has 3 heteroatoms. The summed E-state index contributed by atoms with van der Waals surface area (Å²) in [5.41, 5.74) is -0.585. The van der Waals surface area contributed by atoms with E-state index in [0.29, 0.717) is 12.5 Å². The van der Waals surface area contributed by atoms with Crippen LogP contribution >= 0.6 is 0 Å². The van der Waals surface area contributed by atoms with E-state index in [-0.39, 0.29) is 11.9 Å². The number of hydrogen-bond acceptors (Lipinski definition) is 3. The first-order valence-corrected chi connectivity index (χ1v) is 5.85. The third kappa shape index (κ3) is 2.22. The average Bonchev–Trinajstić information content (AvgIpc) is 2.30. The Morgan fingerprint density at radius 1 is 1.62 bits per heavy atom. The first kappa shape index (κ1) is 13.1. The first-order valence-electron chi connectivity index (χ1n) is 5.85. The van der Waals surface area contributed by atoms with Crippen molar-refractivity contribution in [2.75, 3.05) is 13.7 Å². The summed E-state index contributed by atoms with van der Waals surface area (Å²) >= 11 is 0. The molecule has 1 saturated carbocycles. The fourth-order valence-electron chi connectivity index (χ4n) is 2.67. The highest BCUT2D eigenvalue weighted by Gasteiger charge is 2.47. The van der Waals surface area contributed by atoms with Crippen LogP contribution < -0.4 is 5.32 Å². The number of esters is 1. The van der Waals surface area contributed by atoms with Gasteiger partial charge in [-0.1, -0.05) is 32.6 Å². The molecule has 1 N–H and O–H groups in total. The minimum atomic E-state index is -0.585. The van der Waals surface area contributed by atoms with Crippen molar-refractivity contribution in [3.63, 3.8) is 0 Å². The summed E-state index contributed by atoms with van der Waals surface area (Å²) in [6.07, 6.45) is 8.28. The van der Waals surface area contributed by atoms with Gasteiger partial charge in [-0.3, -0.25) is 10.1 Å². The molecule has 90 valence electrons. The van der Waals surface area contributed by atoms with Gasteiger partial charge in [0.25, 0.3) is 0 Å². The summed E-state index contributed by atoms with van der Waals surface area (Å²) in [7, 11) is 1.44. The van der Waals surface area contributed by atoms with Crippen LogP contribution in [0.3, 0.4) is 0 Å². The molecule has 0 bridgehead atoms. The Balaban J connectivity index is 2.92. The summed E-state index contributed by atoms with van der Waals surface area (Å²) in [4.78, 5) is 12.0. The third-order valence-corrected chi connectivity index (χ3v) is 3.92. The third-order valence-electron chi connectivity index (χ3n) is 3.92. The van der Waals surface area contributed by atoms with E-state index >= 15 is 0 Å². The smallest absolute Gasteiger partial charge is 0.326 e. The molecular formula is C13H21NO2. The van der Waals surface area contributed by atoms with Crippen LogP contribution in [0.25, 0.3) is 0 Å². The maximum absolute atomic E-state index is 12.0. The fraction of sp³-hybridized carbons (Fsp3) is 0.769. The standard InChI is InChI=1S/C13H21NO2/c1-5-9-14-13(12(15)16-4)8-6-7-10(2)11(13)3/h1,10-11,14H,6-9H2,2-4H3. The van der Waals surface area contributed by atoms with Crippen molar-refractivity contribution >= 4 is 5.97 Å². The van der Waals surface area contributed by atoms with Gasteiger partial charge in [0, 0.05) is 0 Å². The van der Waals surface area contributed by atoms with Gasteiger partial charge in [0.1, 0.15) is 5.54 Å². The predicted octanol–water partition coefficient (Wildman–Crippen LogP) is 1.58. The number of methoxy groups -OCH3 is 1. The van der Waals surface area contributed by atoms with E-state index in [1.807, 2.05) is 0 Å². The van der Waals surface area contributed by atoms with Crippen LogP contribution in [0.1, 0.15) is 33.1 Å². The monoisotopic (exact) mass is 223 g/mol. The van der Waals surface area contributed by atoms with E-state index in [4.69, 9.17) is 11.2 Å². The number of nitrogens with one attached hydrogen (secondary N) is 1. The molecule has 3 atom stereocenters. The summed E-state index contributed by atoms with van der Waals surface area (Å²) in [6, 6.07) is 0. The number of carbonyl (C=O) groups excluding carboxylic acids is 1. The molecule has 0 amide bonds. The van der Waals surface area contributed by atoms with Crippen molar-refractivity contribution in [2.45, 2.75) is 38.6 Å². The Bertz CT molecular complexity index is 295. The molecule has 1 aliphatic rings. The van der Waals surface area contributed by atoms with Crippen molar-refractivity contribution in [3.05, 3.63) is 0 Å². The van der Waals surface area contributed by atoms with Crippen LogP contribution in [0, 0.1) is 24.2 Å². The highest BCUT2D eigenvalue weighted by Crippen LogP contribution is 2.38. The molecule has 0 aromatic heterocycles. The Labute approximate surface area is 97.9 Å². The highest BCUT2D eigenvalue weighted by molar-refractivity contribution is 5.81. The Hall–Kier alpha value is -1.01. The molecule has 0 saturated heterocycles. The minimum absolute atomic E-state index is 0.179. The lowest BCUT2D eigenvalue weighted by molar-refractivity contribution is -0.154. The lowest BCUT2D eigenvalue weighted by atomic mass is 9.68.